The monoisotopic (exact) mass is 335 g/mol. The third-order valence-electron chi connectivity index (χ3n) is 2.90. The predicted octanol–water partition coefficient (Wildman–Crippen LogP) is 0.372. The number of amides is 3. The van der Waals surface area contributed by atoms with Crippen molar-refractivity contribution < 1.29 is 23.5 Å². The fourth-order valence-electron chi connectivity index (χ4n) is 1.95. The summed E-state index contributed by atoms with van der Waals surface area (Å²) in [5.74, 6) is -2.28. The van der Waals surface area contributed by atoms with Gasteiger partial charge < -0.3 is 14.5 Å². The molecule has 0 fully saturated rings. The number of para-hydroxylation sites is 2. The van der Waals surface area contributed by atoms with Crippen LogP contribution in [-0.4, -0.2) is 35.1 Å². The van der Waals surface area contributed by atoms with E-state index in [9.17, 15) is 19.2 Å². The van der Waals surface area contributed by atoms with Gasteiger partial charge in [0.2, 0.25) is 0 Å². The van der Waals surface area contributed by atoms with Crippen LogP contribution in [-0.2, 0) is 20.9 Å². The van der Waals surface area contributed by atoms with Crippen molar-refractivity contribution in [3.8, 4) is 0 Å². The number of esters is 1. The Balaban J connectivity index is 1.89. The third-order valence-corrected chi connectivity index (χ3v) is 2.90. The first-order valence-corrected chi connectivity index (χ1v) is 7.21. The summed E-state index contributed by atoms with van der Waals surface area (Å²) in [5, 5.41) is 4.47. The van der Waals surface area contributed by atoms with Gasteiger partial charge in [-0.25, -0.2) is 9.59 Å². The molecule has 0 spiro atoms. The number of benzene rings is 1. The number of imide groups is 1. The number of nitrogens with one attached hydrogen (secondary N) is 2. The molecule has 0 aliphatic rings. The van der Waals surface area contributed by atoms with Gasteiger partial charge in [0.25, 0.3) is 5.91 Å². The van der Waals surface area contributed by atoms with Crippen LogP contribution in [0.15, 0.2) is 33.5 Å². The van der Waals surface area contributed by atoms with Crippen molar-refractivity contribution in [1.82, 2.24) is 15.2 Å². The molecule has 0 radical (unpaired) electrons. The Morgan fingerprint density at radius 1 is 1.25 bits per heavy atom. The number of carbonyl (C=O) groups excluding carboxylic acids is 3. The molecular formula is C15H17N3O6. The fourth-order valence-corrected chi connectivity index (χ4v) is 1.95. The summed E-state index contributed by atoms with van der Waals surface area (Å²) < 4.78 is 10.8. The van der Waals surface area contributed by atoms with Crippen molar-refractivity contribution in [3.63, 3.8) is 0 Å². The molecule has 2 N–H and O–H groups in total. The van der Waals surface area contributed by atoms with Gasteiger partial charge in [-0.1, -0.05) is 12.1 Å². The van der Waals surface area contributed by atoms with Crippen molar-refractivity contribution in [2.24, 2.45) is 0 Å². The number of hydrogen-bond donors (Lipinski definition) is 2. The van der Waals surface area contributed by atoms with Gasteiger partial charge in [0.05, 0.1) is 5.52 Å². The Morgan fingerprint density at radius 3 is 2.67 bits per heavy atom. The molecule has 128 valence electrons. The molecular weight excluding hydrogens is 318 g/mol. The van der Waals surface area contributed by atoms with Crippen LogP contribution in [0.5, 0.6) is 0 Å². The normalized spacial score (nSPS) is 10.6. The molecule has 1 heterocycles. The second-order valence-electron chi connectivity index (χ2n) is 5.26. The zero-order chi connectivity index (χ0) is 17.7. The first-order valence-electron chi connectivity index (χ1n) is 7.21. The van der Waals surface area contributed by atoms with Crippen molar-refractivity contribution in [2.75, 3.05) is 6.61 Å². The highest BCUT2D eigenvalue weighted by Crippen LogP contribution is 2.11. The molecule has 0 saturated carbocycles. The Bertz CT molecular complexity index is 820. The zero-order valence-electron chi connectivity index (χ0n) is 13.2. The van der Waals surface area contributed by atoms with Gasteiger partial charge >= 0.3 is 17.8 Å². The van der Waals surface area contributed by atoms with E-state index in [0.717, 1.165) is 4.57 Å². The van der Waals surface area contributed by atoms with Gasteiger partial charge in [0.1, 0.15) is 6.54 Å². The standard InChI is InChI=1S/C15H17N3O6/c1-9(2)16-14(21)17-12(19)8-23-13(20)7-18-10-5-3-4-6-11(10)24-15(18)22/h3-6,9H,7-8H2,1-2H3,(H2,16,17,19,21). The molecule has 24 heavy (non-hydrogen) atoms. The Morgan fingerprint density at radius 2 is 1.96 bits per heavy atom. The summed E-state index contributed by atoms with van der Waals surface area (Å²) >= 11 is 0. The molecule has 0 saturated heterocycles. The lowest BCUT2D eigenvalue weighted by atomic mass is 10.3. The molecule has 0 aliphatic carbocycles. The average Bonchev–Trinajstić information content (AvgIpc) is 2.80. The summed E-state index contributed by atoms with van der Waals surface area (Å²) in [6, 6.07) is 5.79. The first-order chi connectivity index (χ1) is 11.4. The lowest BCUT2D eigenvalue weighted by Crippen LogP contribution is -2.44. The van der Waals surface area contributed by atoms with Gasteiger partial charge in [-0.15, -0.1) is 0 Å². The molecule has 0 atom stereocenters. The number of rotatable bonds is 5. The molecule has 3 amide bonds. The van der Waals surface area contributed by atoms with Gasteiger partial charge in [0.15, 0.2) is 12.2 Å². The number of fused-ring (bicyclic) bond motifs is 1. The van der Waals surface area contributed by atoms with Crippen molar-refractivity contribution >= 4 is 29.0 Å². The quantitative estimate of drug-likeness (QED) is 0.762. The molecule has 2 aromatic rings. The Labute approximate surface area is 136 Å². The van der Waals surface area contributed by atoms with E-state index in [1.165, 1.54) is 0 Å². The highest BCUT2D eigenvalue weighted by molar-refractivity contribution is 5.95. The van der Waals surface area contributed by atoms with Crippen molar-refractivity contribution in [3.05, 3.63) is 34.8 Å². The summed E-state index contributed by atoms with van der Waals surface area (Å²) in [6.07, 6.45) is 0. The molecule has 9 heteroatoms. The lowest BCUT2D eigenvalue weighted by Gasteiger charge is -2.09. The van der Waals surface area contributed by atoms with Gasteiger partial charge in [-0.3, -0.25) is 19.5 Å². The van der Waals surface area contributed by atoms with Crippen LogP contribution in [0.4, 0.5) is 4.79 Å². The molecule has 0 aliphatic heterocycles. The fraction of sp³-hybridized carbons (Fsp3) is 0.333. The molecule has 0 bridgehead atoms. The smallest absolute Gasteiger partial charge is 0.420 e. The second-order valence-corrected chi connectivity index (χ2v) is 5.26. The third kappa shape index (κ3) is 4.45. The Hall–Kier alpha value is -3.10. The highest BCUT2D eigenvalue weighted by atomic mass is 16.5. The molecule has 1 aromatic carbocycles. The summed E-state index contributed by atoms with van der Waals surface area (Å²) in [4.78, 5) is 46.3. The predicted molar refractivity (Wildman–Crippen MR) is 83.2 cm³/mol. The van der Waals surface area contributed by atoms with Crippen LogP contribution < -0.4 is 16.4 Å². The maximum absolute atomic E-state index is 11.8. The highest BCUT2D eigenvalue weighted by Gasteiger charge is 2.15. The van der Waals surface area contributed by atoms with Crippen LogP contribution >= 0.6 is 0 Å². The minimum atomic E-state index is -0.803. The van der Waals surface area contributed by atoms with E-state index in [4.69, 9.17) is 9.15 Å². The summed E-state index contributed by atoms with van der Waals surface area (Å²) in [6.45, 7) is 2.43. The van der Waals surface area contributed by atoms with E-state index in [-0.39, 0.29) is 6.04 Å². The maximum Gasteiger partial charge on any atom is 0.420 e. The molecule has 0 unspecified atom stereocenters. The molecule has 9 nitrogen and oxygen atoms in total. The van der Waals surface area contributed by atoms with E-state index in [1.54, 1.807) is 38.1 Å². The summed E-state index contributed by atoms with van der Waals surface area (Å²) in [7, 11) is 0. The van der Waals surface area contributed by atoms with E-state index in [0.29, 0.717) is 11.1 Å². The Kier molecular flexibility index (Phi) is 5.35. The average molecular weight is 335 g/mol. The van der Waals surface area contributed by atoms with Gasteiger partial charge in [-0.05, 0) is 26.0 Å². The summed E-state index contributed by atoms with van der Waals surface area (Å²) in [5.41, 5.74) is 0.790. The number of oxazole rings is 1. The van der Waals surface area contributed by atoms with Crippen LogP contribution in [0.3, 0.4) is 0 Å². The number of nitrogens with zero attached hydrogens (tertiary/aromatic N) is 1. The number of hydrogen-bond acceptors (Lipinski definition) is 6. The number of carbonyl (C=O) groups is 3. The minimum absolute atomic E-state index is 0.137. The second kappa shape index (κ2) is 7.44. The van der Waals surface area contributed by atoms with Crippen LogP contribution in [0.2, 0.25) is 0 Å². The van der Waals surface area contributed by atoms with E-state index in [2.05, 4.69) is 5.32 Å². The van der Waals surface area contributed by atoms with Crippen molar-refractivity contribution in [2.45, 2.75) is 26.4 Å². The van der Waals surface area contributed by atoms with Gasteiger partial charge in [0, 0.05) is 6.04 Å². The number of ether oxygens (including phenoxy) is 1. The number of aromatic nitrogens is 1. The minimum Gasteiger partial charge on any atom is -0.454 e. The zero-order valence-corrected chi connectivity index (χ0v) is 13.2. The largest absolute Gasteiger partial charge is 0.454 e. The van der Waals surface area contributed by atoms with Crippen LogP contribution in [0.25, 0.3) is 11.1 Å². The van der Waals surface area contributed by atoms with E-state index >= 15 is 0 Å². The van der Waals surface area contributed by atoms with Crippen LogP contribution in [0.1, 0.15) is 13.8 Å². The molecule has 1 aromatic heterocycles. The lowest BCUT2D eigenvalue weighted by molar-refractivity contribution is -0.148. The molecule has 2 rings (SSSR count). The maximum atomic E-state index is 11.8. The number of urea groups is 1. The van der Waals surface area contributed by atoms with E-state index in [1.807, 2.05) is 5.32 Å². The SMILES string of the molecule is CC(C)NC(=O)NC(=O)COC(=O)Cn1c(=O)oc2ccccc21. The van der Waals surface area contributed by atoms with Crippen molar-refractivity contribution in [1.29, 1.82) is 0 Å². The van der Waals surface area contributed by atoms with Gasteiger partial charge in [-0.2, -0.15) is 0 Å². The first kappa shape index (κ1) is 17.3. The van der Waals surface area contributed by atoms with Crippen LogP contribution in [0, 0.1) is 0 Å². The van der Waals surface area contributed by atoms with E-state index < -0.39 is 36.8 Å². The topological polar surface area (TPSA) is 120 Å².